The Morgan fingerprint density at radius 1 is 1.28 bits per heavy atom. The molecule has 0 aliphatic carbocycles. The lowest BCUT2D eigenvalue weighted by Crippen LogP contribution is -2.32. The third-order valence-electron chi connectivity index (χ3n) is 4.64. The van der Waals surface area contributed by atoms with Crippen LogP contribution in [0.15, 0.2) is 42.7 Å². The summed E-state index contributed by atoms with van der Waals surface area (Å²) in [5.74, 6) is 0.168. The van der Waals surface area contributed by atoms with Crippen LogP contribution in [0.3, 0.4) is 0 Å². The molecule has 0 unspecified atom stereocenters. The SMILES string of the molecule is CC[C@H](C(=O)NCc1ccccc1CN1CCCC1=O)n1cccn1. The zero-order valence-electron chi connectivity index (χ0n) is 14.5. The van der Waals surface area contributed by atoms with Crippen molar-refractivity contribution in [1.29, 1.82) is 0 Å². The van der Waals surface area contributed by atoms with Crippen molar-refractivity contribution in [3.05, 3.63) is 53.9 Å². The van der Waals surface area contributed by atoms with Crippen molar-refractivity contribution in [1.82, 2.24) is 20.0 Å². The minimum Gasteiger partial charge on any atom is -0.350 e. The van der Waals surface area contributed by atoms with E-state index in [1.165, 1.54) is 0 Å². The molecule has 0 bridgehead atoms. The quantitative estimate of drug-likeness (QED) is 0.841. The van der Waals surface area contributed by atoms with E-state index in [0.717, 1.165) is 24.1 Å². The van der Waals surface area contributed by atoms with Crippen LogP contribution in [0.2, 0.25) is 0 Å². The summed E-state index contributed by atoms with van der Waals surface area (Å²) in [4.78, 5) is 26.3. The third kappa shape index (κ3) is 4.07. The van der Waals surface area contributed by atoms with Crippen molar-refractivity contribution in [3.8, 4) is 0 Å². The molecule has 1 N–H and O–H groups in total. The average molecular weight is 340 g/mol. The van der Waals surface area contributed by atoms with Crippen LogP contribution < -0.4 is 5.32 Å². The number of benzene rings is 1. The van der Waals surface area contributed by atoms with Gasteiger partial charge in [-0.2, -0.15) is 5.10 Å². The number of carbonyl (C=O) groups is 2. The van der Waals surface area contributed by atoms with E-state index in [1.54, 1.807) is 17.1 Å². The molecule has 2 aromatic rings. The van der Waals surface area contributed by atoms with Crippen LogP contribution >= 0.6 is 0 Å². The molecule has 0 spiro atoms. The van der Waals surface area contributed by atoms with Gasteiger partial charge in [-0.3, -0.25) is 14.3 Å². The number of hydrogen-bond donors (Lipinski definition) is 1. The van der Waals surface area contributed by atoms with Gasteiger partial charge in [-0.25, -0.2) is 0 Å². The Bertz CT molecular complexity index is 727. The fourth-order valence-electron chi connectivity index (χ4n) is 3.22. The zero-order valence-corrected chi connectivity index (χ0v) is 14.5. The Balaban J connectivity index is 1.64. The van der Waals surface area contributed by atoms with Gasteiger partial charge in [0.2, 0.25) is 11.8 Å². The van der Waals surface area contributed by atoms with Crippen LogP contribution in [0.4, 0.5) is 0 Å². The van der Waals surface area contributed by atoms with Crippen molar-refractivity contribution in [3.63, 3.8) is 0 Å². The first-order valence-electron chi connectivity index (χ1n) is 8.80. The molecule has 6 heteroatoms. The van der Waals surface area contributed by atoms with Gasteiger partial charge in [0.25, 0.3) is 0 Å². The van der Waals surface area contributed by atoms with Crippen LogP contribution in [-0.2, 0) is 22.7 Å². The highest BCUT2D eigenvalue weighted by molar-refractivity contribution is 5.80. The van der Waals surface area contributed by atoms with E-state index >= 15 is 0 Å². The van der Waals surface area contributed by atoms with Gasteiger partial charge in [-0.1, -0.05) is 31.2 Å². The molecular formula is C19H24N4O2. The van der Waals surface area contributed by atoms with Crippen LogP contribution in [-0.4, -0.2) is 33.0 Å². The van der Waals surface area contributed by atoms with Crippen molar-refractivity contribution in [2.45, 2.75) is 45.3 Å². The molecule has 1 aromatic carbocycles. The highest BCUT2D eigenvalue weighted by Gasteiger charge is 2.22. The molecule has 3 rings (SSSR count). The zero-order chi connectivity index (χ0) is 17.6. The minimum atomic E-state index is -0.303. The van der Waals surface area contributed by atoms with E-state index in [4.69, 9.17) is 0 Å². The third-order valence-corrected chi connectivity index (χ3v) is 4.64. The lowest BCUT2D eigenvalue weighted by molar-refractivity contribution is -0.128. The molecule has 132 valence electrons. The van der Waals surface area contributed by atoms with Gasteiger partial charge in [-0.15, -0.1) is 0 Å². The van der Waals surface area contributed by atoms with Crippen molar-refractivity contribution >= 4 is 11.8 Å². The molecule has 0 saturated carbocycles. The number of amides is 2. The molecule has 1 aromatic heterocycles. The second-order valence-electron chi connectivity index (χ2n) is 6.32. The standard InChI is InChI=1S/C19H24N4O2/c1-2-17(23-12-6-10-21-23)19(25)20-13-15-7-3-4-8-16(15)14-22-11-5-9-18(22)24/h3-4,6-8,10,12,17H,2,5,9,11,13-14H2,1H3,(H,20,25)/t17-/m1/s1. The van der Waals surface area contributed by atoms with Gasteiger partial charge in [-0.05, 0) is 30.0 Å². The first-order valence-corrected chi connectivity index (χ1v) is 8.80. The Kier molecular flexibility index (Phi) is 5.48. The average Bonchev–Trinajstić information content (AvgIpc) is 3.28. The summed E-state index contributed by atoms with van der Waals surface area (Å²) < 4.78 is 1.68. The molecule has 1 aliphatic rings. The van der Waals surface area contributed by atoms with E-state index in [9.17, 15) is 9.59 Å². The summed E-state index contributed by atoms with van der Waals surface area (Å²) in [6, 6.07) is 9.48. The monoisotopic (exact) mass is 340 g/mol. The number of hydrogen-bond acceptors (Lipinski definition) is 3. The van der Waals surface area contributed by atoms with E-state index in [2.05, 4.69) is 10.4 Å². The van der Waals surface area contributed by atoms with Crippen molar-refractivity contribution in [2.24, 2.45) is 0 Å². The van der Waals surface area contributed by atoms with Gasteiger partial charge < -0.3 is 10.2 Å². The minimum absolute atomic E-state index is 0.0433. The number of nitrogens with one attached hydrogen (secondary N) is 1. The number of rotatable bonds is 7. The summed E-state index contributed by atoms with van der Waals surface area (Å²) in [6.45, 7) is 3.85. The molecule has 25 heavy (non-hydrogen) atoms. The molecule has 1 saturated heterocycles. The van der Waals surface area contributed by atoms with Gasteiger partial charge in [0.05, 0.1) is 0 Å². The van der Waals surface area contributed by atoms with Crippen LogP contribution in [0, 0.1) is 0 Å². The highest BCUT2D eigenvalue weighted by Crippen LogP contribution is 2.17. The summed E-state index contributed by atoms with van der Waals surface area (Å²) in [6.07, 6.45) is 5.73. The van der Waals surface area contributed by atoms with Crippen molar-refractivity contribution in [2.75, 3.05) is 6.54 Å². The summed E-state index contributed by atoms with van der Waals surface area (Å²) in [5.41, 5.74) is 2.14. The maximum absolute atomic E-state index is 12.5. The molecule has 0 radical (unpaired) electrons. The number of carbonyl (C=O) groups excluding carboxylic acids is 2. The topological polar surface area (TPSA) is 67.2 Å². The Morgan fingerprint density at radius 2 is 2.08 bits per heavy atom. The maximum atomic E-state index is 12.5. The van der Waals surface area contributed by atoms with Gasteiger partial charge in [0, 0.05) is 38.4 Å². The Labute approximate surface area is 147 Å². The van der Waals surface area contributed by atoms with E-state index < -0.39 is 0 Å². The molecule has 2 heterocycles. The van der Waals surface area contributed by atoms with Gasteiger partial charge in [0.15, 0.2) is 0 Å². The Hall–Kier alpha value is -2.63. The lowest BCUT2D eigenvalue weighted by Gasteiger charge is -2.19. The molecule has 2 amide bonds. The molecule has 1 aliphatic heterocycles. The smallest absolute Gasteiger partial charge is 0.245 e. The predicted octanol–water partition coefficient (Wildman–Crippen LogP) is 2.27. The van der Waals surface area contributed by atoms with Crippen LogP contribution in [0.1, 0.15) is 43.4 Å². The van der Waals surface area contributed by atoms with Crippen LogP contribution in [0.25, 0.3) is 0 Å². The maximum Gasteiger partial charge on any atom is 0.245 e. The fraction of sp³-hybridized carbons (Fsp3) is 0.421. The van der Waals surface area contributed by atoms with Crippen LogP contribution in [0.5, 0.6) is 0 Å². The molecule has 6 nitrogen and oxygen atoms in total. The number of nitrogens with zero attached hydrogens (tertiary/aromatic N) is 3. The lowest BCUT2D eigenvalue weighted by atomic mass is 10.1. The number of likely N-dealkylation sites (tertiary alicyclic amines) is 1. The highest BCUT2D eigenvalue weighted by atomic mass is 16.2. The number of aromatic nitrogens is 2. The summed E-state index contributed by atoms with van der Waals surface area (Å²) in [5, 5.41) is 7.18. The molecular weight excluding hydrogens is 316 g/mol. The van der Waals surface area contributed by atoms with Crippen molar-refractivity contribution < 1.29 is 9.59 Å². The van der Waals surface area contributed by atoms with Gasteiger partial charge in [0.1, 0.15) is 6.04 Å². The Morgan fingerprint density at radius 3 is 2.72 bits per heavy atom. The summed E-state index contributed by atoms with van der Waals surface area (Å²) in [7, 11) is 0. The first kappa shape index (κ1) is 17.2. The molecule has 1 atom stereocenters. The predicted molar refractivity (Wildman–Crippen MR) is 94.5 cm³/mol. The van der Waals surface area contributed by atoms with E-state index in [-0.39, 0.29) is 17.9 Å². The first-order chi connectivity index (χ1) is 12.2. The summed E-state index contributed by atoms with van der Waals surface area (Å²) >= 11 is 0. The fourth-order valence-corrected chi connectivity index (χ4v) is 3.22. The van der Waals surface area contributed by atoms with Gasteiger partial charge >= 0.3 is 0 Å². The second kappa shape index (κ2) is 7.96. The second-order valence-corrected chi connectivity index (χ2v) is 6.32. The normalized spacial score (nSPS) is 15.4. The molecule has 1 fully saturated rings. The van der Waals surface area contributed by atoms with E-state index in [1.807, 2.05) is 42.2 Å². The van der Waals surface area contributed by atoms with E-state index in [0.29, 0.717) is 25.9 Å². The largest absolute Gasteiger partial charge is 0.350 e.